The Labute approximate surface area is 107 Å². The van der Waals surface area contributed by atoms with Crippen molar-refractivity contribution in [3.63, 3.8) is 0 Å². The molecular formula is C12H19NO3S. The Morgan fingerprint density at radius 1 is 1.18 bits per heavy atom. The standard InChI is InChI=1S/C12H19NO3S/c1-8(2)16-17-7-5-6-13-11(14)9(3)10(4)12(13)15/h8H,5-7H2,1-4H3. The van der Waals surface area contributed by atoms with E-state index < -0.39 is 0 Å². The lowest BCUT2D eigenvalue weighted by Gasteiger charge is -2.14. The van der Waals surface area contributed by atoms with Crippen LogP contribution in [0.4, 0.5) is 0 Å². The molecule has 0 N–H and O–H groups in total. The van der Waals surface area contributed by atoms with Crippen LogP contribution in [0.5, 0.6) is 0 Å². The Hall–Kier alpha value is -0.810. The Morgan fingerprint density at radius 3 is 2.18 bits per heavy atom. The topological polar surface area (TPSA) is 46.6 Å². The van der Waals surface area contributed by atoms with Crippen LogP contribution in [-0.2, 0) is 13.8 Å². The van der Waals surface area contributed by atoms with Crippen molar-refractivity contribution in [2.45, 2.75) is 40.2 Å². The lowest BCUT2D eigenvalue weighted by Crippen LogP contribution is -2.32. The summed E-state index contributed by atoms with van der Waals surface area (Å²) in [4.78, 5) is 24.7. The van der Waals surface area contributed by atoms with Crippen molar-refractivity contribution in [2.75, 3.05) is 12.3 Å². The molecule has 0 aromatic rings. The van der Waals surface area contributed by atoms with Crippen LogP contribution in [0.2, 0.25) is 0 Å². The number of hydrogen-bond acceptors (Lipinski definition) is 4. The van der Waals surface area contributed by atoms with Crippen molar-refractivity contribution < 1.29 is 13.8 Å². The van der Waals surface area contributed by atoms with Gasteiger partial charge in [0.25, 0.3) is 11.8 Å². The second-order valence-corrected chi connectivity index (χ2v) is 5.17. The first kappa shape index (κ1) is 14.3. The molecule has 0 radical (unpaired) electrons. The maximum Gasteiger partial charge on any atom is 0.256 e. The molecule has 1 aliphatic rings. The van der Waals surface area contributed by atoms with Gasteiger partial charge in [0.15, 0.2) is 0 Å². The van der Waals surface area contributed by atoms with E-state index in [1.165, 1.54) is 16.9 Å². The highest BCUT2D eigenvalue weighted by molar-refractivity contribution is 7.94. The van der Waals surface area contributed by atoms with Crippen molar-refractivity contribution in [1.29, 1.82) is 0 Å². The third-order valence-corrected chi connectivity index (χ3v) is 3.54. The third kappa shape index (κ3) is 3.57. The second kappa shape index (κ2) is 6.21. The molecule has 0 fully saturated rings. The molecule has 0 unspecified atom stereocenters. The van der Waals surface area contributed by atoms with Gasteiger partial charge in [-0.2, -0.15) is 0 Å². The van der Waals surface area contributed by atoms with Crippen molar-refractivity contribution in [2.24, 2.45) is 0 Å². The minimum atomic E-state index is -0.151. The van der Waals surface area contributed by atoms with Crippen molar-refractivity contribution in [3.05, 3.63) is 11.1 Å². The predicted molar refractivity (Wildman–Crippen MR) is 68.4 cm³/mol. The van der Waals surface area contributed by atoms with Gasteiger partial charge in [-0.1, -0.05) is 0 Å². The predicted octanol–water partition coefficient (Wildman–Crippen LogP) is 2.15. The summed E-state index contributed by atoms with van der Waals surface area (Å²) in [5.41, 5.74) is 1.14. The molecule has 2 amide bonds. The maximum atomic E-state index is 11.7. The van der Waals surface area contributed by atoms with Crippen molar-refractivity contribution in [3.8, 4) is 0 Å². The first-order valence-electron chi connectivity index (χ1n) is 5.77. The van der Waals surface area contributed by atoms with E-state index in [0.29, 0.717) is 17.7 Å². The molecule has 0 aliphatic carbocycles. The van der Waals surface area contributed by atoms with Crippen LogP contribution in [0.3, 0.4) is 0 Å². The van der Waals surface area contributed by atoms with E-state index in [0.717, 1.165) is 12.2 Å². The fraction of sp³-hybridized carbons (Fsp3) is 0.667. The van der Waals surface area contributed by atoms with E-state index in [4.69, 9.17) is 4.18 Å². The molecule has 0 spiro atoms. The van der Waals surface area contributed by atoms with Crippen LogP contribution >= 0.6 is 12.0 Å². The SMILES string of the molecule is CC1=C(C)C(=O)N(CCCSOC(C)C)C1=O. The number of carbonyl (C=O) groups is 2. The maximum absolute atomic E-state index is 11.7. The van der Waals surface area contributed by atoms with Crippen LogP contribution in [-0.4, -0.2) is 35.1 Å². The summed E-state index contributed by atoms with van der Waals surface area (Å²) >= 11 is 1.39. The molecule has 17 heavy (non-hydrogen) atoms. The van der Waals surface area contributed by atoms with Gasteiger partial charge >= 0.3 is 0 Å². The monoisotopic (exact) mass is 257 g/mol. The zero-order valence-corrected chi connectivity index (χ0v) is 11.6. The van der Waals surface area contributed by atoms with Gasteiger partial charge in [-0.05, 0) is 46.2 Å². The molecule has 0 atom stereocenters. The lowest BCUT2D eigenvalue weighted by atomic mass is 10.2. The fourth-order valence-electron chi connectivity index (χ4n) is 1.49. The van der Waals surface area contributed by atoms with Gasteiger partial charge in [0.2, 0.25) is 0 Å². The number of rotatable bonds is 6. The zero-order valence-electron chi connectivity index (χ0n) is 10.8. The third-order valence-electron chi connectivity index (χ3n) is 2.56. The van der Waals surface area contributed by atoms with E-state index in [2.05, 4.69) is 0 Å². The normalized spacial score (nSPS) is 16.6. The minimum Gasteiger partial charge on any atom is -0.313 e. The molecule has 1 heterocycles. The number of hydrogen-bond donors (Lipinski definition) is 0. The summed E-state index contributed by atoms with van der Waals surface area (Å²) in [6.45, 7) is 7.81. The summed E-state index contributed by atoms with van der Waals surface area (Å²) in [7, 11) is 0. The van der Waals surface area contributed by atoms with Gasteiger partial charge in [0.05, 0.1) is 6.10 Å². The van der Waals surface area contributed by atoms with Crippen LogP contribution < -0.4 is 0 Å². The highest BCUT2D eigenvalue weighted by Crippen LogP contribution is 2.20. The van der Waals surface area contributed by atoms with Crippen LogP contribution in [0.1, 0.15) is 34.1 Å². The smallest absolute Gasteiger partial charge is 0.256 e. The van der Waals surface area contributed by atoms with E-state index in [9.17, 15) is 9.59 Å². The number of carbonyl (C=O) groups excluding carboxylic acids is 2. The molecule has 0 aromatic heterocycles. The molecular weight excluding hydrogens is 238 g/mol. The quantitative estimate of drug-likeness (QED) is 0.415. The summed E-state index contributed by atoms with van der Waals surface area (Å²) in [5, 5.41) is 0. The van der Waals surface area contributed by atoms with Gasteiger partial charge in [-0.25, -0.2) is 0 Å². The Balaban J connectivity index is 2.30. The fourth-order valence-corrected chi connectivity index (χ4v) is 2.10. The molecule has 0 saturated heterocycles. The van der Waals surface area contributed by atoms with Crippen molar-refractivity contribution in [1.82, 2.24) is 4.90 Å². The molecule has 0 aromatic carbocycles. The van der Waals surface area contributed by atoms with Gasteiger partial charge in [0, 0.05) is 23.4 Å². The zero-order chi connectivity index (χ0) is 13.0. The summed E-state index contributed by atoms with van der Waals surface area (Å²) in [6, 6.07) is 0. The second-order valence-electron chi connectivity index (χ2n) is 4.33. The van der Waals surface area contributed by atoms with Gasteiger partial charge in [0.1, 0.15) is 0 Å². The van der Waals surface area contributed by atoms with Gasteiger partial charge in [-0.15, -0.1) is 0 Å². The highest BCUT2D eigenvalue weighted by atomic mass is 32.2. The summed E-state index contributed by atoms with van der Waals surface area (Å²) < 4.78 is 5.32. The van der Waals surface area contributed by atoms with E-state index >= 15 is 0 Å². The average Bonchev–Trinajstić information content (AvgIpc) is 2.45. The van der Waals surface area contributed by atoms with Crippen LogP contribution in [0, 0.1) is 0 Å². The molecule has 0 saturated carbocycles. The van der Waals surface area contributed by atoms with E-state index in [1.807, 2.05) is 13.8 Å². The first-order chi connectivity index (χ1) is 7.95. The average molecular weight is 257 g/mol. The van der Waals surface area contributed by atoms with Gasteiger partial charge < -0.3 is 4.18 Å². The summed E-state index contributed by atoms with van der Waals surface area (Å²) in [5.74, 6) is 0.484. The summed E-state index contributed by atoms with van der Waals surface area (Å²) in [6.07, 6.45) is 0.955. The molecule has 4 nitrogen and oxygen atoms in total. The molecule has 0 bridgehead atoms. The number of imide groups is 1. The van der Waals surface area contributed by atoms with E-state index in [1.54, 1.807) is 13.8 Å². The molecule has 5 heteroatoms. The first-order valence-corrected chi connectivity index (χ1v) is 6.68. The Kier molecular flexibility index (Phi) is 5.21. The van der Waals surface area contributed by atoms with Gasteiger partial charge in [-0.3, -0.25) is 14.5 Å². The highest BCUT2D eigenvalue weighted by Gasteiger charge is 2.32. The lowest BCUT2D eigenvalue weighted by molar-refractivity contribution is -0.137. The Bertz CT molecular complexity index is 326. The van der Waals surface area contributed by atoms with Crippen LogP contribution in [0.25, 0.3) is 0 Å². The van der Waals surface area contributed by atoms with Crippen molar-refractivity contribution >= 4 is 23.9 Å². The van der Waals surface area contributed by atoms with Crippen LogP contribution in [0.15, 0.2) is 11.1 Å². The van der Waals surface area contributed by atoms with E-state index in [-0.39, 0.29) is 17.9 Å². The largest absolute Gasteiger partial charge is 0.313 e. The number of amides is 2. The molecule has 1 aliphatic heterocycles. The molecule has 96 valence electrons. The molecule has 1 rings (SSSR count). The minimum absolute atomic E-state index is 0.151. The number of nitrogens with zero attached hydrogens (tertiary/aromatic N) is 1. The Morgan fingerprint density at radius 2 is 1.71 bits per heavy atom.